The molecule has 0 radical (unpaired) electrons. The van der Waals surface area contributed by atoms with Gasteiger partial charge in [-0.05, 0) is 37.5 Å². The third-order valence-electron chi connectivity index (χ3n) is 3.02. The van der Waals surface area contributed by atoms with E-state index in [2.05, 4.69) is 22.9 Å². The number of fused-ring (bicyclic) bond motifs is 1. The van der Waals surface area contributed by atoms with Gasteiger partial charge in [-0.15, -0.1) is 24.0 Å². The highest BCUT2D eigenvalue weighted by Crippen LogP contribution is 2.30. The van der Waals surface area contributed by atoms with E-state index in [-0.39, 0.29) is 10.8 Å². The number of carbonyl (C=O) groups excluding carboxylic acids is 1. The van der Waals surface area contributed by atoms with Crippen LogP contribution in [0.5, 0.6) is 0 Å². The van der Waals surface area contributed by atoms with Crippen molar-refractivity contribution in [3.63, 3.8) is 0 Å². The van der Waals surface area contributed by atoms with Gasteiger partial charge in [0.05, 0.1) is 5.69 Å². The topological polar surface area (TPSA) is 42.0 Å². The van der Waals surface area contributed by atoms with Crippen LogP contribution < -0.4 is 5.32 Å². The number of nitrogens with one attached hydrogen (secondary N) is 1. The van der Waals surface area contributed by atoms with Crippen LogP contribution in [0, 0.1) is 5.82 Å². The number of nitrogens with zero attached hydrogens (tertiary/aromatic N) is 1. The maximum atomic E-state index is 13.1. The van der Waals surface area contributed by atoms with Gasteiger partial charge in [-0.3, -0.25) is 10.1 Å². The van der Waals surface area contributed by atoms with Crippen LogP contribution >= 0.6 is 24.0 Å². The van der Waals surface area contributed by atoms with Crippen molar-refractivity contribution in [3.8, 4) is 0 Å². The summed E-state index contributed by atoms with van der Waals surface area (Å²) in [5.41, 5.74) is 1.47. The number of aryl methyl sites for hydroxylation is 2. The lowest BCUT2D eigenvalue weighted by atomic mass is 10.2. The second kappa shape index (κ2) is 4.94. The first-order valence-electron chi connectivity index (χ1n) is 5.92. The first-order valence-corrected chi connectivity index (χ1v) is 7.18. The van der Waals surface area contributed by atoms with Gasteiger partial charge in [0.15, 0.2) is 5.13 Å². The molecule has 1 heterocycles. The van der Waals surface area contributed by atoms with Gasteiger partial charge in [0.1, 0.15) is 5.82 Å². The summed E-state index contributed by atoms with van der Waals surface area (Å²) in [6.07, 6.45) is 3.17. The molecule has 19 heavy (non-hydrogen) atoms. The van der Waals surface area contributed by atoms with Gasteiger partial charge in [0, 0.05) is 15.3 Å². The van der Waals surface area contributed by atoms with Crippen LogP contribution in [0.2, 0.25) is 0 Å². The van der Waals surface area contributed by atoms with E-state index in [0.717, 1.165) is 25.0 Å². The fourth-order valence-corrected chi connectivity index (χ4v) is 3.33. The quantitative estimate of drug-likeness (QED) is 0.834. The molecule has 0 fully saturated rings. The Morgan fingerprint density at radius 1 is 1.42 bits per heavy atom. The van der Waals surface area contributed by atoms with Crippen LogP contribution in [0.3, 0.4) is 0 Å². The molecule has 0 atom stereocenters. The van der Waals surface area contributed by atoms with Gasteiger partial charge in [0.25, 0.3) is 5.91 Å². The Morgan fingerprint density at radius 2 is 2.26 bits per heavy atom. The number of thiol groups is 1. The second-order valence-electron chi connectivity index (χ2n) is 4.36. The smallest absolute Gasteiger partial charge is 0.257 e. The number of amides is 1. The third-order valence-corrected chi connectivity index (χ3v) is 4.44. The van der Waals surface area contributed by atoms with Crippen LogP contribution in [0.25, 0.3) is 0 Å². The molecule has 0 aliphatic heterocycles. The largest absolute Gasteiger partial charge is 0.298 e. The van der Waals surface area contributed by atoms with Crippen LogP contribution in [-0.4, -0.2) is 10.9 Å². The molecule has 0 unspecified atom stereocenters. The van der Waals surface area contributed by atoms with E-state index in [1.54, 1.807) is 0 Å². The van der Waals surface area contributed by atoms with Crippen molar-refractivity contribution in [2.24, 2.45) is 0 Å². The summed E-state index contributed by atoms with van der Waals surface area (Å²) in [5.74, 6) is -0.726. The summed E-state index contributed by atoms with van der Waals surface area (Å²) >= 11 is 5.48. The zero-order valence-electron chi connectivity index (χ0n) is 9.94. The first-order chi connectivity index (χ1) is 9.13. The normalized spacial score (nSPS) is 13.4. The van der Waals surface area contributed by atoms with Crippen molar-refractivity contribution in [3.05, 3.63) is 40.2 Å². The van der Waals surface area contributed by atoms with Crippen molar-refractivity contribution in [2.45, 2.75) is 24.2 Å². The summed E-state index contributed by atoms with van der Waals surface area (Å²) in [4.78, 5) is 17.8. The molecule has 0 saturated carbocycles. The number of halogens is 1. The number of anilines is 1. The van der Waals surface area contributed by atoms with Crippen molar-refractivity contribution >= 4 is 35.0 Å². The summed E-state index contributed by atoms with van der Waals surface area (Å²) in [5, 5.41) is 3.36. The Hall–Kier alpha value is -1.40. The lowest BCUT2D eigenvalue weighted by Crippen LogP contribution is -2.12. The van der Waals surface area contributed by atoms with Gasteiger partial charge >= 0.3 is 0 Å². The molecule has 1 N–H and O–H groups in total. The number of carbonyl (C=O) groups is 1. The molecular weight excluding hydrogens is 283 g/mol. The molecule has 98 valence electrons. The summed E-state index contributed by atoms with van der Waals surface area (Å²) in [6.45, 7) is 0. The molecule has 0 bridgehead atoms. The molecule has 1 amide bonds. The minimum absolute atomic E-state index is 0.161. The highest BCUT2D eigenvalue weighted by molar-refractivity contribution is 7.80. The van der Waals surface area contributed by atoms with E-state index in [4.69, 9.17) is 0 Å². The van der Waals surface area contributed by atoms with Gasteiger partial charge in [-0.1, -0.05) is 0 Å². The van der Waals surface area contributed by atoms with E-state index in [9.17, 15) is 9.18 Å². The zero-order valence-corrected chi connectivity index (χ0v) is 11.7. The first kappa shape index (κ1) is 12.6. The number of thiazole rings is 1. The number of hydrogen-bond acceptors (Lipinski definition) is 4. The van der Waals surface area contributed by atoms with E-state index >= 15 is 0 Å². The number of rotatable bonds is 2. The lowest BCUT2D eigenvalue weighted by molar-refractivity contribution is 0.102. The van der Waals surface area contributed by atoms with Crippen LogP contribution in [-0.2, 0) is 12.8 Å². The van der Waals surface area contributed by atoms with E-state index in [0.29, 0.717) is 10.7 Å². The van der Waals surface area contributed by atoms with Gasteiger partial charge in [0.2, 0.25) is 0 Å². The zero-order chi connectivity index (χ0) is 13.4. The Bertz CT molecular complexity index is 633. The van der Waals surface area contributed by atoms with Crippen molar-refractivity contribution < 1.29 is 9.18 Å². The van der Waals surface area contributed by atoms with Gasteiger partial charge in [-0.2, -0.15) is 0 Å². The SMILES string of the molecule is O=C(Nc1nc2c(s1)CCC2)c1ccc(F)c(S)c1. The molecule has 0 saturated heterocycles. The molecule has 3 rings (SSSR count). The predicted molar refractivity (Wildman–Crippen MR) is 75.7 cm³/mol. The Labute approximate surface area is 119 Å². The minimum atomic E-state index is -0.437. The van der Waals surface area contributed by atoms with Crippen molar-refractivity contribution in [1.29, 1.82) is 0 Å². The van der Waals surface area contributed by atoms with E-state index in [1.165, 1.54) is 34.4 Å². The molecule has 6 heteroatoms. The fourth-order valence-electron chi connectivity index (χ4n) is 2.07. The summed E-state index contributed by atoms with van der Waals surface area (Å²) < 4.78 is 13.1. The molecule has 1 aliphatic carbocycles. The van der Waals surface area contributed by atoms with E-state index < -0.39 is 5.82 Å². The summed E-state index contributed by atoms with van der Waals surface area (Å²) in [7, 11) is 0. The van der Waals surface area contributed by atoms with Gasteiger partial charge < -0.3 is 0 Å². The van der Waals surface area contributed by atoms with Crippen LogP contribution in [0.15, 0.2) is 23.1 Å². The summed E-state index contributed by atoms with van der Waals surface area (Å²) in [6, 6.07) is 4.08. The van der Waals surface area contributed by atoms with Crippen molar-refractivity contribution in [1.82, 2.24) is 4.98 Å². The molecule has 1 aliphatic rings. The number of benzene rings is 1. The standard InChI is InChI=1S/C13H11FN2OS2/c14-8-5-4-7(6-10(8)18)12(17)16-13-15-9-2-1-3-11(9)19-13/h4-6,18H,1-3H2,(H,15,16,17). The molecule has 0 spiro atoms. The fraction of sp³-hybridized carbons (Fsp3) is 0.231. The Balaban J connectivity index is 1.78. The molecular formula is C13H11FN2OS2. The average molecular weight is 294 g/mol. The molecule has 1 aromatic heterocycles. The maximum Gasteiger partial charge on any atom is 0.257 e. The molecule has 3 nitrogen and oxygen atoms in total. The second-order valence-corrected chi connectivity index (χ2v) is 5.93. The molecule has 2 aromatic rings. The van der Waals surface area contributed by atoms with Crippen molar-refractivity contribution in [2.75, 3.05) is 5.32 Å². The highest BCUT2D eigenvalue weighted by Gasteiger charge is 2.18. The highest BCUT2D eigenvalue weighted by atomic mass is 32.1. The van der Waals surface area contributed by atoms with Crippen LogP contribution in [0.1, 0.15) is 27.3 Å². The monoisotopic (exact) mass is 294 g/mol. The molecule has 1 aromatic carbocycles. The predicted octanol–water partition coefficient (Wildman–Crippen LogP) is 3.31. The van der Waals surface area contributed by atoms with Gasteiger partial charge in [-0.25, -0.2) is 9.37 Å². The minimum Gasteiger partial charge on any atom is -0.298 e. The Kier molecular flexibility index (Phi) is 3.28. The number of hydrogen-bond donors (Lipinski definition) is 2. The Morgan fingerprint density at radius 3 is 3.00 bits per heavy atom. The number of aromatic nitrogens is 1. The van der Waals surface area contributed by atoms with Crippen LogP contribution in [0.4, 0.5) is 9.52 Å². The lowest BCUT2D eigenvalue weighted by Gasteiger charge is -2.03. The maximum absolute atomic E-state index is 13.1. The average Bonchev–Trinajstić information content (AvgIpc) is 2.93. The third kappa shape index (κ3) is 2.50. The van der Waals surface area contributed by atoms with E-state index in [1.807, 2.05) is 0 Å².